The number of ether oxygens (including phenoxy) is 7. The lowest BCUT2D eigenvalue weighted by atomic mass is 9.92. The number of thiocarbonyl (C=S) groups is 1. The molecule has 1 fully saturated rings. The maximum atomic E-state index is 12.3. The van der Waals surface area contributed by atoms with Gasteiger partial charge in [0.1, 0.15) is 38.7 Å². The summed E-state index contributed by atoms with van der Waals surface area (Å²) in [5, 5.41) is 9.53. The van der Waals surface area contributed by atoms with E-state index in [1.54, 1.807) is 6.92 Å². The van der Waals surface area contributed by atoms with Gasteiger partial charge in [0.05, 0.1) is 25.9 Å². The van der Waals surface area contributed by atoms with Gasteiger partial charge in [-0.1, -0.05) is 50.7 Å². The van der Waals surface area contributed by atoms with Gasteiger partial charge in [0, 0.05) is 65.6 Å². The molecule has 0 aliphatic carbocycles. The fraction of sp³-hybridized carbons (Fsp3) is 0.806. The van der Waals surface area contributed by atoms with Crippen molar-refractivity contribution in [2.75, 3.05) is 45.4 Å². The summed E-state index contributed by atoms with van der Waals surface area (Å²) in [6, 6.07) is 2.29. The summed E-state index contributed by atoms with van der Waals surface area (Å²) in [5.74, 6) is -1.04. The summed E-state index contributed by atoms with van der Waals surface area (Å²) in [7, 11) is 0. The van der Waals surface area contributed by atoms with Gasteiger partial charge in [-0.15, -0.1) is 11.8 Å². The molecule has 0 radical (unpaired) electrons. The number of thioether (sulfide) groups is 2. The van der Waals surface area contributed by atoms with Crippen LogP contribution in [0.2, 0.25) is 0 Å². The van der Waals surface area contributed by atoms with E-state index in [0.29, 0.717) is 78.0 Å². The predicted octanol–water partition coefficient (Wildman–Crippen LogP) is 5.92. The number of unbranched alkanes of at least 4 members (excludes halogenated alkanes) is 3. The third-order valence-corrected chi connectivity index (χ3v) is 10.6. The third kappa shape index (κ3) is 21.5. The van der Waals surface area contributed by atoms with E-state index < -0.39 is 53.2 Å². The first-order valence-corrected chi connectivity index (χ1v) is 20.1. The standard InChI is InChI=1S/C36H57NO12S3/c1-7-51-35(50)52-36(6,24-37)17-15-29(41)14-12-18-43-21-22-44-20-16-30(42)13-10-8-9-11-19-45-34-25(2)32(47-27(4)39)33(48-28(5)40)31(49-34)23-46-26(3)38/h25,31-34H,7-23H2,1-6H3/t25-,31+,32+,33-,34+,36?/m1/s1. The van der Waals surface area contributed by atoms with Crippen molar-refractivity contribution >= 4 is 68.7 Å². The highest BCUT2D eigenvalue weighted by Gasteiger charge is 2.48. The predicted molar refractivity (Wildman–Crippen MR) is 202 cm³/mol. The van der Waals surface area contributed by atoms with Crippen LogP contribution in [0.3, 0.4) is 0 Å². The summed E-state index contributed by atoms with van der Waals surface area (Å²) in [6.07, 6.45) is 2.25. The second-order valence-electron chi connectivity index (χ2n) is 12.7. The second-order valence-corrected chi connectivity index (χ2v) is 16.6. The second kappa shape index (κ2) is 27.5. The summed E-state index contributed by atoms with van der Waals surface area (Å²) in [4.78, 5) is 59.5. The molecule has 52 heavy (non-hydrogen) atoms. The van der Waals surface area contributed by atoms with E-state index in [-0.39, 0.29) is 18.2 Å². The first-order chi connectivity index (χ1) is 24.7. The van der Waals surface area contributed by atoms with Crippen LogP contribution in [0, 0.1) is 17.2 Å². The molecule has 1 saturated heterocycles. The average Bonchev–Trinajstić information content (AvgIpc) is 3.07. The number of Topliss-reactive ketones (excluding diaryl/α,β-unsaturated/α-hetero) is 2. The Morgan fingerprint density at radius 2 is 1.40 bits per heavy atom. The molecule has 6 atom stereocenters. The molecule has 0 spiro atoms. The Labute approximate surface area is 322 Å². The van der Waals surface area contributed by atoms with Crippen molar-refractivity contribution in [3.63, 3.8) is 0 Å². The summed E-state index contributed by atoms with van der Waals surface area (Å²) in [6.45, 7) is 11.0. The van der Waals surface area contributed by atoms with Gasteiger partial charge in [0.25, 0.3) is 0 Å². The van der Waals surface area contributed by atoms with Crippen molar-refractivity contribution in [1.29, 1.82) is 5.26 Å². The van der Waals surface area contributed by atoms with E-state index in [0.717, 1.165) is 28.5 Å². The van der Waals surface area contributed by atoms with E-state index in [2.05, 4.69) is 6.07 Å². The number of hydrogen-bond acceptors (Lipinski definition) is 16. The highest BCUT2D eigenvalue weighted by molar-refractivity contribution is 8.47. The largest absolute Gasteiger partial charge is 0.463 e. The Balaban J connectivity index is 2.18. The van der Waals surface area contributed by atoms with Gasteiger partial charge in [-0.2, -0.15) is 5.26 Å². The van der Waals surface area contributed by atoms with E-state index in [4.69, 9.17) is 45.4 Å². The third-order valence-electron chi connectivity index (χ3n) is 7.96. The van der Waals surface area contributed by atoms with Crippen LogP contribution >= 0.6 is 35.7 Å². The molecule has 0 saturated carbocycles. The van der Waals surface area contributed by atoms with Crippen LogP contribution in [0.1, 0.15) is 106 Å². The van der Waals surface area contributed by atoms with Crippen molar-refractivity contribution in [2.45, 2.75) is 135 Å². The summed E-state index contributed by atoms with van der Waals surface area (Å²) >= 11 is 8.18. The molecule has 1 unspecified atom stereocenters. The van der Waals surface area contributed by atoms with Gasteiger partial charge in [0.2, 0.25) is 0 Å². The fourth-order valence-corrected chi connectivity index (χ4v) is 8.11. The number of carbonyl (C=O) groups is 5. The van der Waals surface area contributed by atoms with Gasteiger partial charge >= 0.3 is 17.9 Å². The highest BCUT2D eigenvalue weighted by atomic mass is 32.2. The fourth-order valence-electron chi connectivity index (χ4n) is 5.21. The Morgan fingerprint density at radius 3 is 2.04 bits per heavy atom. The van der Waals surface area contributed by atoms with Gasteiger partial charge < -0.3 is 33.2 Å². The van der Waals surface area contributed by atoms with E-state index in [9.17, 15) is 29.2 Å². The minimum atomic E-state index is -0.967. The Kier molecular flexibility index (Phi) is 25.3. The van der Waals surface area contributed by atoms with Crippen molar-refractivity contribution < 1.29 is 57.1 Å². The van der Waals surface area contributed by atoms with Crippen molar-refractivity contribution in [1.82, 2.24) is 0 Å². The van der Waals surface area contributed by atoms with E-state index in [1.165, 1.54) is 44.3 Å². The average molecular weight is 792 g/mol. The summed E-state index contributed by atoms with van der Waals surface area (Å²) < 4.78 is 39.0. The first kappa shape index (κ1) is 47.9. The monoisotopic (exact) mass is 791 g/mol. The lowest BCUT2D eigenvalue weighted by Crippen LogP contribution is -2.58. The minimum absolute atomic E-state index is 0.103. The van der Waals surface area contributed by atoms with Crippen molar-refractivity contribution in [3.8, 4) is 6.07 Å². The van der Waals surface area contributed by atoms with Gasteiger partial charge in [-0.25, -0.2) is 0 Å². The zero-order valence-electron chi connectivity index (χ0n) is 31.5. The van der Waals surface area contributed by atoms with Crippen LogP contribution in [0.5, 0.6) is 0 Å². The molecule has 0 N–H and O–H groups in total. The number of rotatable bonds is 27. The van der Waals surface area contributed by atoms with Gasteiger partial charge in [0.15, 0.2) is 12.4 Å². The zero-order valence-corrected chi connectivity index (χ0v) is 33.9. The van der Waals surface area contributed by atoms with Crippen LogP contribution in [-0.4, -0.2) is 108 Å². The SMILES string of the molecule is CCSC(=S)SC(C)(C#N)CCC(=O)CCCOCCOCCC(=O)CCCCCCO[C@H]1O[C@@H](COC(C)=O)[C@@H](OC(C)=O)[C@@H](OC(C)=O)[C@H]1C. The van der Waals surface area contributed by atoms with Crippen LogP contribution in [-0.2, 0) is 57.1 Å². The molecule has 1 heterocycles. The Hall–Kier alpha value is -2.13. The molecule has 0 aromatic heterocycles. The Bertz CT molecular complexity index is 1180. The molecule has 296 valence electrons. The number of nitriles is 1. The zero-order chi connectivity index (χ0) is 38.9. The molecular weight excluding hydrogens is 735 g/mol. The molecular formula is C36H57NO12S3. The van der Waals surface area contributed by atoms with Gasteiger partial charge in [-0.05, 0) is 38.4 Å². The number of carbonyl (C=O) groups excluding carboxylic acids is 5. The van der Waals surface area contributed by atoms with Crippen LogP contribution in [0.15, 0.2) is 0 Å². The molecule has 13 nitrogen and oxygen atoms in total. The molecule has 16 heteroatoms. The van der Waals surface area contributed by atoms with E-state index in [1.807, 2.05) is 13.8 Å². The molecule has 0 aromatic carbocycles. The molecule has 0 amide bonds. The van der Waals surface area contributed by atoms with Crippen LogP contribution in [0.4, 0.5) is 0 Å². The van der Waals surface area contributed by atoms with Gasteiger partial charge in [-0.3, -0.25) is 24.0 Å². The molecule has 1 aliphatic rings. The minimum Gasteiger partial charge on any atom is -0.463 e. The van der Waals surface area contributed by atoms with Crippen molar-refractivity contribution in [3.05, 3.63) is 0 Å². The number of esters is 3. The number of ketones is 2. The number of hydrogen-bond donors (Lipinski definition) is 0. The van der Waals surface area contributed by atoms with E-state index >= 15 is 0 Å². The molecule has 0 bridgehead atoms. The lowest BCUT2D eigenvalue weighted by molar-refractivity contribution is -0.288. The molecule has 1 rings (SSSR count). The van der Waals surface area contributed by atoms with Crippen LogP contribution in [0.25, 0.3) is 0 Å². The maximum absolute atomic E-state index is 12.3. The molecule has 0 aromatic rings. The highest BCUT2D eigenvalue weighted by Crippen LogP contribution is 2.35. The van der Waals surface area contributed by atoms with Crippen LogP contribution < -0.4 is 0 Å². The van der Waals surface area contributed by atoms with Crippen molar-refractivity contribution in [2.24, 2.45) is 5.92 Å². The maximum Gasteiger partial charge on any atom is 0.303 e. The topological polar surface area (TPSA) is 174 Å². The molecule has 1 aliphatic heterocycles. The Morgan fingerprint density at radius 1 is 0.788 bits per heavy atom. The lowest BCUT2D eigenvalue weighted by Gasteiger charge is -2.43. The number of nitrogens with zero attached hydrogens (tertiary/aromatic N) is 1. The quantitative estimate of drug-likeness (QED) is 0.0415. The normalized spacial score (nSPS) is 21.0. The first-order valence-electron chi connectivity index (χ1n) is 17.9. The smallest absolute Gasteiger partial charge is 0.303 e. The summed E-state index contributed by atoms with van der Waals surface area (Å²) in [5.41, 5.74) is 0.